The molecule has 26 heavy (non-hydrogen) atoms. The zero-order valence-electron chi connectivity index (χ0n) is 15.3. The minimum absolute atomic E-state index is 0.0929. The molecular weight excluding hydrogens is 350 g/mol. The summed E-state index contributed by atoms with van der Waals surface area (Å²) in [5, 5.41) is 13.9. The molecule has 2 N–H and O–H groups in total. The normalized spacial score (nSPS) is 21.0. The number of aliphatic hydroxyl groups excluding tert-OH is 1. The summed E-state index contributed by atoms with van der Waals surface area (Å²) in [6.45, 7) is 4.69. The van der Waals surface area contributed by atoms with Gasteiger partial charge in [0.2, 0.25) is 0 Å². The molecule has 0 saturated carbocycles. The highest BCUT2D eigenvalue weighted by atomic mass is 32.1. The van der Waals surface area contributed by atoms with Crippen molar-refractivity contribution < 1.29 is 14.6 Å². The molecule has 0 radical (unpaired) electrons. The number of aryl methyl sites for hydroxylation is 1. The van der Waals surface area contributed by atoms with Crippen LogP contribution < -0.4 is 5.32 Å². The zero-order valence-corrected chi connectivity index (χ0v) is 16.1. The van der Waals surface area contributed by atoms with E-state index in [0.29, 0.717) is 19.6 Å². The van der Waals surface area contributed by atoms with E-state index in [1.807, 2.05) is 44.2 Å². The van der Waals surface area contributed by atoms with E-state index in [9.17, 15) is 9.90 Å². The van der Waals surface area contributed by atoms with Crippen molar-refractivity contribution in [2.45, 2.75) is 38.5 Å². The first-order chi connectivity index (χ1) is 12.5. The number of thiazole rings is 1. The second-order valence-electron chi connectivity index (χ2n) is 6.66. The van der Waals surface area contributed by atoms with E-state index in [2.05, 4.69) is 10.3 Å². The number of ether oxygens (including phenoxy) is 1. The topological polar surface area (TPSA) is 74.7 Å². The summed E-state index contributed by atoms with van der Waals surface area (Å²) in [4.78, 5) is 20.0. The predicted octanol–water partition coefficient (Wildman–Crippen LogP) is 2.97. The van der Waals surface area contributed by atoms with Crippen molar-refractivity contribution in [1.29, 1.82) is 0 Å². The third-order valence-electron chi connectivity index (χ3n) is 4.60. The van der Waals surface area contributed by atoms with Gasteiger partial charge in [-0.25, -0.2) is 9.78 Å². The number of nitrogens with zero attached hydrogens (tertiary/aromatic N) is 2. The van der Waals surface area contributed by atoms with Crippen LogP contribution in [0, 0.1) is 6.92 Å². The van der Waals surface area contributed by atoms with E-state index < -0.39 is 6.10 Å². The third kappa shape index (κ3) is 4.06. The number of hydrogen-bond donors (Lipinski definition) is 2. The van der Waals surface area contributed by atoms with E-state index in [0.717, 1.165) is 21.1 Å². The Morgan fingerprint density at radius 1 is 1.46 bits per heavy atom. The Morgan fingerprint density at radius 2 is 2.19 bits per heavy atom. The van der Waals surface area contributed by atoms with E-state index in [-0.39, 0.29) is 18.1 Å². The van der Waals surface area contributed by atoms with Crippen LogP contribution in [0.25, 0.3) is 10.6 Å². The highest BCUT2D eigenvalue weighted by Gasteiger charge is 2.35. The van der Waals surface area contributed by atoms with Crippen molar-refractivity contribution in [2.24, 2.45) is 0 Å². The second-order valence-corrected chi connectivity index (χ2v) is 7.69. The summed E-state index contributed by atoms with van der Waals surface area (Å²) >= 11 is 1.60. The molecule has 1 saturated heterocycles. The van der Waals surface area contributed by atoms with E-state index in [4.69, 9.17) is 4.74 Å². The molecule has 3 rings (SSSR count). The maximum absolute atomic E-state index is 12.7. The number of aromatic nitrogens is 1. The van der Waals surface area contributed by atoms with E-state index in [1.165, 1.54) is 0 Å². The van der Waals surface area contributed by atoms with Gasteiger partial charge in [0, 0.05) is 19.2 Å². The minimum Gasteiger partial charge on any atom is -0.391 e. The van der Waals surface area contributed by atoms with Crippen LogP contribution in [0.5, 0.6) is 0 Å². The van der Waals surface area contributed by atoms with Crippen LogP contribution in [0.4, 0.5) is 4.79 Å². The monoisotopic (exact) mass is 375 g/mol. The molecule has 1 fully saturated rings. The van der Waals surface area contributed by atoms with Crippen molar-refractivity contribution in [1.82, 2.24) is 15.2 Å². The lowest BCUT2D eigenvalue weighted by Gasteiger charge is -2.26. The van der Waals surface area contributed by atoms with Crippen molar-refractivity contribution in [3.63, 3.8) is 0 Å². The van der Waals surface area contributed by atoms with Gasteiger partial charge >= 0.3 is 6.03 Å². The Bertz CT molecular complexity index is 750. The van der Waals surface area contributed by atoms with Gasteiger partial charge in [-0.05, 0) is 20.3 Å². The molecule has 7 heteroatoms. The third-order valence-corrected chi connectivity index (χ3v) is 5.99. The van der Waals surface area contributed by atoms with Gasteiger partial charge in [0.15, 0.2) is 0 Å². The molecule has 3 atom stereocenters. The highest BCUT2D eigenvalue weighted by Crippen LogP contribution is 2.32. The molecule has 1 aliphatic rings. The van der Waals surface area contributed by atoms with E-state index in [1.54, 1.807) is 23.3 Å². The lowest BCUT2D eigenvalue weighted by atomic mass is 10.2. The standard InChI is InChI=1S/C19H25N3O3S/c1-12-17(26-18(20-12)14-7-5-4-6-8-14)13(2)21-19(24)22-10-16(23)9-15(22)11-25-3/h4-8,13,15-16,23H,9-11H2,1-3H3,(H,21,24)/t13?,15-,16-/m1/s1. The lowest BCUT2D eigenvalue weighted by molar-refractivity contribution is 0.122. The molecule has 140 valence electrons. The molecule has 1 unspecified atom stereocenters. The van der Waals surface area contributed by atoms with Crippen LogP contribution in [0.3, 0.4) is 0 Å². The van der Waals surface area contributed by atoms with Crippen molar-refractivity contribution in [3.05, 3.63) is 40.9 Å². The Kier molecular flexibility index (Phi) is 5.90. The van der Waals surface area contributed by atoms with Gasteiger partial charge in [-0.3, -0.25) is 0 Å². The summed E-state index contributed by atoms with van der Waals surface area (Å²) in [6.07, 6.45) is 0.0546. The number of nitrogens with one attached hydrogen (secondary N) is 1. The summed E-state index contributed by atoms with van der Waals surface area (Å²) < 4.78 is 5.17. The van der Waals surface area contributed by atoms with Gasteiger partial charge in [0.05, 0.1) is 35.4 Å². The fourth-order valence-electron chi connectivity index (χ4n) is 3.34. The average Bonchev–Trinajstić information content (AvgIpc) is 3.19. The molecular formula is C19H25N3O3S. The number of amides is 2. The van der Waals surface area contributed by atoms with Gasteiger partial charge in [0.1, 0.15) is 5.01 Å². The Labute approximate surface area is 157 Å². The summed E-state index contributed by atoms with van der Waals surface area (Å²) in [5.41, 5.74) is 2.00. The van der Waals surface area contributed by atoms with Crippen LogP contribution in [-0.2, 0) is 4.74 Å². The van der Waals surface area contributed by atoms with Crippen LogP contribution >= 0.6 is 11.3 Å². The lowest BCUT2D eigenvalue weighted by Crippen LogP contribution is -2.45. The fraction of sp³-hybridized carbons (Fsp3) is 0.474. The highest BCUT2D eigenvalue weighted by molar-refractivity contribution is 7.15. The van der Waals surface area contributed by atoms with E-state index >= 15 is 0 Å². The SMILES string of the molecule is COC[C@H]1C[C@@H](O)CN1C(=O)NC(C)c1sc(-c2ccccc2)nc1C. The number of urea groups is 1. The Balaban J connectivity index is 1.71. The van der Waals surface area contributed by atoms with Gasteiger partial charge in [-0.15, -0.1) is 11.3 Å². The second kappa shape index (κ2) is 8.16. The molecule has 1 aliphatic heterocycles. The number of carbonyl (C=O) groups is 1. The molecule has 1 aromatic heterocycles. The minimum atomic E-state index is -0.494. The van der Waals surface area contributed by atoms with Crippen molar-refractivity contribution in [2.75, 3.05) is 20.3 Å². The first kappa shape index (κ1) is 18.8. The zero-order chi connectivity index (χ0) is 18.7. The van der Waals surface area contributed by atoms with Gasteiger partial charge < -0.3 is 20.1 Å². The summed E-state index contributed by atoms with van der Waals surface area (Å²) in [5.74, 6) is 0. The number of aliphatic hydroxyl groups is 1. The first-order valence-corrected chi connectivity index (χ1v) is 9.58. The van der Waals surface area contributed by atoms with Crippen molar-refractivity contribution in [3.8, 4) is 10.6 Å². The maximum atomic E-state index is 12.7. The smallest absolute Gasteiger partial charge is 0.318 e. The Hall–Kier alpha value is -1.96. The summed E-state index contributed by atoms with van der Waals surface area (Å²) in [7, 11) is 1.61. The largest absolute Gasteiger partial charge is 0.391 e. The molecule has 0 spiro atoms. The quantitative estimate of drug-likeness (QED) is 0.843. The van der Waals surface area contributed by atoms with Crippen LogP contribution in [0.1, 0.15) is 30.0 Å². The number of hydrogen-bond acceptors (Lipinski definition) is 5. The van der Waals surface area contributed by atoms with Gasteiger partial charge in [-0.1, -0.05) is 30.3 Å². The molecule has 6 nitrogen and oxygen atoms in total. The number of benzene rings is 1. The molecule has 2 heterocycles. The fourth-order valence-corrected chi connectivity index (χ4v) is 4.41. The molecule has 2 amide bonds. The van der Waals surface area contributed by atoms with Crippen LogP contribution in [0.2, 0.25) is 0 Å². The van der Waals surface area contributed by atoms with Crippen LogP contribution in [-0.4, -0.2) is 53.4 Å². The molecule has 2 aromatic rings. The van der Waals surface area contributed by atoms with Gasteiger partial charge in [-0.2, -0.15) is 0 Å². The molecule has 0 aliphatic carbocycles. The number of β-amino-alcohol motifs (C(OH)–C–C–N with tert-alkyl or cyclic N) is 1. The molecule has 0 bridgehead atoms. The summed E-state index contributed by atoms with van der Waals surface area (Å²) in [6, 6.07) is 9.61. The number of rotatable bonds is 5. The Morgan fingerprint density at radius 3 is 2.88 bits per heavy atom. The molecule has 1 aromatic carbocycles. The van der Waals surface area contributed by atoms with Gasteiger partial charge in [0.25, 0.3) is 0 Å². The number of likely N-dealkylation sites (tertiary alicyclic amines) is 1. The van der Waals surface area contributed by atoms with Crippen LogP contribution in [0.15, 0.2) is 30.3 Å². The first-order valence-electron chi connectivity index (χ1n) is 8.76. The van der Waals surface area contributed by atoms with Crippen molar-refractivity contribution >= 4 is 17.4 Å². The maximum Gasteiger partial charge on any atom is 0.318 e. The predicted molar refractivity (Wildman–Crippen MR) is 102 cm³/mol. The number of carbonyl (C=O) groups excluding carboxylic acids is 1. The average molecular weight is 375 g/mol. The number of methoxy groups -OCH3 is 1.